The van der Waals surface area contributed by atoms with Crippen molar-refractivity contribution in [2.75, 3.05) is 17.7 Å². The van der Waals surface area contributed by atoms with Crippen molar-refractivity contribution >= 4 is 17.3 Å². The van der Waals surface area contributed by atoms with Crippen LogP contribution in [0.15, 0.2) is 61.2 Å². The Balaban J connectivity index is 1.69. The average molecular weight is 361 g/mol. The van der Waals surface area contributed by atoms with Crippen LogP contribution in [0.3, 0.4) is 0 Å². The number of rotatable bonds is 6. The molecule has 1 aromatic carbocycles. The lowest BCUT2D eigenvalue weighted by atomic mass is 10.0. The van der Waals surface area contributed by atoms with Gasteiger partial charge in [-0.3, -0.25) is 0 Å². The van der Waals surface area contributed by atoms with E-state index in [4.69, 9.17) is 5.73 Å². The Bertz CT molecular complexity index is 1050. The van der Waals surface area contributed by atoms with Crippen LogP contribution in [0.1, 0.15) is 18.0 Å². The minimum absolute atomic E-state index is 0.0649. The Morgan fingerprint density at radius 1 is 1.11 bits per heavy atom. The summed E-state index contributed by atoms with van der Waals surface area (Å²) in [6, 6.07) is 13.5. The third kappa shape index (κ3) is 3.42. The minimum Gasteiger partial charge on any atom is -0.396 e. The van der Waals surface area contributed by atoms with Crippen molar-refractivity contribution in [1.29, 1.82) is 0 Å². The molecule has 8 heteroatoms. The lowest BCUT2D eigenvalue weighted by Crippen LogP contribution is -2.13. The van der Waals surface area contributed by atoms with Gasteiger partial charge in [-0.15, -0.1) is 5.10 Å². The van der Waals surface area contributed by atoms with Crippen LogP contribution >= 0.6 is 0 Å². The number of fused-ring (bicyclic) bond motifs is 1. The molecule has 136 valence electrons. The fraction of sp³-hybridized carbons (Fsp3) is 0.158. The number of nitrogens with two attached hydrogens (primary N) is 1. The second-order valence-electron chi connectivity index (χ2n) is 6.06. The first-order chi connectivity index (χ1) is 13.3. The maximum Gasteiger partial charge on any atom is 0.166 e. The molecule has 0 saturated carbocycles. The summed E-state index contributed by atoms with van der Waals surface area (Å²) in [6.07, 6.45) is 5.51. The van der Waals surface area contributed by atoms with Gasteiger partial charge in [0.15, 0.2) is 11.5 Å². The maximum atomic E-state index is 9.43. The van der Waals surface area contributed by atoms with Crippen LogP contribution in [-0.2, 0) is 0 Å². The zero-order valence-corrected chi connectivity index (χ0v) is 14.5. The van der Waals surface area contributed by atoms with Gasteiger partial charge in [-0.25, -0.2) is 19.5 Å². The van der Waals surface area contributed by atoms with Crippen LogP contribution < -0.4 is 11.1 Å². The van der Waals surface area contributed by atoms with E-state index in [9.17, 15) is 5.11 Å². The second kappa shape index (κ2) is 7.38. The third-order valence-electron chi connectivity index (χ3n) is 4.29. The molecule has 1 atom stereocenters. The largest absolute Gasteiger partial charge is 0.396 e. The van der Waals surface area contributed by atoms with Gasteiger partial charge in [0.25, 0.3) is 0 Å². The molecule has 1 unspecified atom stereocenters. The molecule has 0 saturated heterocycles. The molecule has 27 heavy (non-hydrogen) atoms. The monoisotopic (exact) mass is 361 g/mol. The highest BCUT2D eigenvalue weighted by Crippen LogP contribution is 2.29. The van der Waals surface area contributed by atoms with Crippen LogP contribution in [0.25, 0.3) is 16.9 Å². The molecule has 4 N–H and O–H groups in total. The Kier molecular flexibility index (Phi) is 4.63. The highest BCUT2D eigenvalue weighted by molar-refractivity contribution is 5.84. The van der Waals surface area contributed by atoms with Gasteiger partial charge in [0.1, 0.15) is 12.1 Å². The van der Waals surface area contributed by atoms with Crippen molar-refractivity contribution in [2.24, 2.45) is 0 Å². The molecule has 3 heterocycles. The lowest BCUT2D eigenvalue weighted by Gasteiger charge is -2.19. The smallest absolute Gasteiger partial charge is 0.166 e. The number of benzene rings is 1. The van der Waals surface area contributed by atoms with Crippen molar-refractivity contribution in [3.63, 3.8) is 0 Å². The van der Waals surface area contributed by atoms with Gasteiger partial charge in [-0.1, -0.05) is 30.3 Å². The molecule has 0 spiro atoms. The van der Waals surface area contributed by atoms with Crippen LogP contribution in [0.4, 0.5) is 11.6 Å². The molecule has 0 fully saturated rings. The van der Waals surface area contributed by atoms with E-state index in [-0.39, 0.29) is 12.6 Å². The van der Waals surface area contributed by atoms with Gasteiger partial charge < -0.3 is 16.2 Å². The first-order valence-corrected chi connectivity index (χ1v) is 8.60. The first kappa shape index (κ1) is 16.9. The molecule has 8 nitrogen and oxygen atoms in total. The molecule has 4 rings (SSSR count). The number of aromatic nitrogens is 5. The molecule has 0 amide bonds. The van der Waals surface area contributed by atoms with E-state index in [1.807, 2.05) is 36.4 Å². The third-order valence-corrected chi connectivity index (χ3v) is 4.29. The van der Waals surface area contributed by atoms with E-state index >= 15 is 0 Å². The number of nitrogens with zero attached hydrogens (tertiary/aromatic N) is 5. The number of hydrogen-bond acceptors (Lipinski definition) is 7. The summed E-state index contributed by atoms with van der Waals surface area (Å²) in [5.41, 5.74) is 9.10. The topological polar surface area (TPSA) is 114 Å². The number of aliphatic hydroxyl groups is 1. The Morgan fingerprint density at radius 3 is 2.78 bits per heavy atom. The summed E-state index contributed by atoms with van der Waals surface area (Å²) in [7, 11) is 0. The molecule has 3 aromatic heterocycles. The van der Waals surface area contributed by atoms with Crippen molar-refractivity contribution in [3.8, 4) is 11.3 Å². The average Bonchev–Trinajstić information content (AvgIpc) is 3.04. The van der Waals surface area contributed by atoms with Gasteiger partial charge >= 0.3 is 0 Å². The summed E-state index contributed by atoms with van der Waals surface area (Å²) >= 11 is 0. The van der Waals surface area contributed by atoms with E-state index in [1.165, 1.54) is 6.33 Å². The Labute approximate surface area is 155 Å². The van der Waals surface area contributed by atoms with E-state index in [0.717, 1.165) is 5.56 Å². The SMILES string of the molecule is Nc1nn2cccnc2c1-c1cc(NC(CCO)c2ccccc2)ncn1. The normalized spacial score (nSPS) is 12.2. The lowest BCUT2D eigenvalue weighted by molar-refractivity contribution is 0.280. The van der Waals surface area contributed by atoms with Crippen LogP contribution in [-0.4, -0.2) is 36.3 Å². The van der Waals surface area contributed by atoms with Crippen molar-refractivity contribution < 1.29 is 5.11 Å². The quantitative estimate of drug-likeness (QED) is 0.483. The predicted molar refractivity (Wildman–Crippen MR) is 103 cm³/mol. The Morgan fingerprint density at radius 2 is 1.96 bits per heavy atom. The summed E-state index contributed by atoms with van der Waals surface area (Å²) in [5, 5.41) is 17.1. The minimum atomic E-state index is -0.0710. The van der Waals surface area contributed by atoms with Gasteiger partial charge in [0.05, 0.1) is 17.3 Å². The van der Waals surface area contributed by atoms with Gasteiger partial charge in [-0.05, 0) is 18.1 Å². The zero-order chi connectivity index (χ0) is 18.6. The maximum absolute atomic E-state index is 9.43. The number of aliphatic hydroxyl groups excluding tert-OH is 1. The zero-order valence-electron chi connectivity index (χ0n) is 14.5. The van der Waals surface area contributed by atoms with E-state index in [1.54, 1.807) is 23.0 Å². The molecular formula is C19H19N7O. The van der Waals surface area contributed by atoms with Crippen molar-refractivity contribution in [2.45, 2.75) is 12.5 Å². The number of nitrogens with one attached hydrogen (secondary N) is 1. The van der Waals surface area contributed by atoms with E-state index < -0.39 is 0 Å². The molecule has 0 radical (unpaired) electrons. The van der Waals surface area contributed by atoms with Gasteiger partial charge in [0.2, 0.25) is 0 Å². The van der Waals surface area contributed by atoms with Crippen molar-refractivity contribution in [3.05, 3.63) is 66.7 Å². The van der Waals surface area contributed by atoms with Gasteiger partial charge in [-0.2, -0.15) is 0 Å². The highest BCUT2D eigenvalue weighted by atomic mass is 16.3. The molecule has 0 aliphatic rings. The second-order valence-corrected chi connectivity index (χ2v) is 6.06. The van der Waals surface area contributed by atoms with Crippen molar-refractivity contribution in [1.82, 2.24) is 24.6 Å². The standard InChI is InChI=1S/C19H19N7O/c20-18-17(19-21-8-4-9-26(19)25-18)15-11-16(23-12-22-15)24-14(7-10-27)13-5-2-1-3-6-13/h1-6,8-9,11-12,14,27H,7,10H2,(H2,20,25)(H,22,23,24). The summed E-state index contributed by atoms with van der Waals surface area (Å²) in [5.74, 6) is 0.991. The molecule has 0 aliphatic carbocycles. The van der Waals surface area contributed by atoms with E-state index in [2.05, 4.69) is 25.4 Å². The number of anilines is 2. The molecule has 0 aliphatic heterocycles. The molecule has 4 aromatic rings. The Hall–Kier alpha value is -3.52. The summed E-state index contributed by atoms with van der Waals surface area (Å²) in [4.78, 5) is 13.0. The molecular weight excluding hydrogens is 342 g/mol. The fourth-order valence-corrected chi connectivity index (χ4v) is 3.04. The molecule has 0 bridgehead atoms. The predicted octanol–water partition coefficient (Wildman–Crippen LogP) is 2.30. The first-order valence-electron chi connectivity index (χ1n) is 8.60. The van der Waals surface area contributed by atoms with E-state index in [0.29, 0.717) is 35.0 Å². The van der Waals surface area contributed by atoms with Crippen LogP contribution in [0.5, 0.6) is 0 Å². The highest BCUT2D eigenvalue weighted by Gasteiger charge is 2.17. The number of hydrogen-bond donors (Lipinski definition) is 3. The number of nitrogen functional groups attached to an aromatic ring is 1. The van der Waals surface area contributed by atoms with Crippen LogP contribution in [0.2, 0.25) is 0 Å². The summed E-state index contributed by atoms with van der Waals surface area (Å²) < 4.78 is 1.62. The van der Waals surface area contributed by atoms with Gasteiger partial charge in [0, 0.05) is 25.1 Å². The fourth-order valence-electron chi connectivity index (χ4n) is 3.04. The summed E-state index contributed by atoms with van der Waals surface area (Å²) in [6.45, 7) is 0.0649. The van der Waals surface area contributed by atoms with Crippen LogP contribution in [0, 0.1) is 0 Å².